The minimum absolute atomic E-state index is 0.213. The smallest absolute Gasteiger partial charge is 0.291 e. The van der Waals surface area contributed by atoms with Gasteiger partial charge in [0.25, 0.3) is 5.91 Å². The lowest BCUT2D eigenvalue weighted by Crippen LogP contribution is -2.13. The van der Waals surface area contributed by atoms with E-state index in [9.17, 15) is 4.79 Å². The molecule has 0 atom stereocenters. The molecule has 3 aromatic carbocycles. The molecule has 6 nitrogen and oxygen atoms in total. The minimum Gasteiger partial charge on any atom is -0.493 e. The number of furan rings is 1. The van der Waals surface area contributed by atoms with Crippen LogP contribution in [0.5, 0.6) is 23.0 Å². The fourth-order valence-corrected chi connectivity index (χ4v) is 2.95. The summed E-state index contributed by atoms with van der Waals surface area (Å²) < 4.78 is 22.2. The second-order valence-corrected chi connectivity index (χ2v) is 6.61. The lowest BCUT2D eigenvalue weighted by Gasteiger charge is -2.11. The normalized spacial score (nSPS) is 10.4. The Balaban J connectivity index is 1.38. The van der Waals surface area contributed by atoms with Gasteiger partial charge in [-0.05, 0) is 54.6 Å². The highest BCUT2D eigenvalue weighted by Crippen LogP contribution is 2.31. The van der Waals surface area contributed by atoms with Crippen LogP contribution in [0.15, 0.2) is 95.6 Å². The van der Waals surface area contributed by atoms with Gasteiger partial charge in [-0.2, -0.15) is 0 Å². The summed E-state index contributed by atoms with van der Waals surface area (Å²) in [5.41, 5.74) is 1.28. The van der Waals surface area contributed by atoms with Crippen LogP contribution < -0.4 is 19.5 Å². The first-order chi connectivity index (χ1) is 15.2. The summed E-state index contributed by atoms with van der Waals surface area (Å²) in [7, 11) is 1.59. The van der Waals surface area contributed by atoms with Crippen molar-refractivity contribution in [3.05, 3.63) is 103 Å². The van der Waals surface area contributed by atoms with Gasteiger partial charge in [0.15, 0.2) is 17.3 Å². The van der Waals surface area contributed by atoms with Crippen molar-refractivity contribution < 1.29 is 23.4 Å². The molecule has 4 aromatic rings. The molecule has 0 bridgehead atoms. The van der Waals surface area contributed by atoms with E-state index in [-0.39, 0.29) is 18.3 Å². The SMILES string of the molecule is COc1ccccc1Oc1ccc(NC(=O)c2occc2COc2ccccc2)cc1. The minimum atomic E-state index is -0.352. The van der Waals surface area contributed by atoms with Crippen LogP contribution in [0, 0.1) is 0 Å². The summed E-state index contributed by atoms with van der Waals surface area (Å²) in [6.07, 6.45) is 1.47. The highest BCUT2D eigenvalue weighted by atomic mass is 16.5. The van der Waals surface area contributed by atoms with Crippen molar-refractivity contribution in [1.29, 1.82) is 0 Å². The van der Waals surface area contributed by atoms with E-state index in [1.807, 2.05) is 54.6 Å². The van der Waals surface area contributed by atoms with E-state index in [1.54, 1.807) is 37.4 Å². The second-order valence-electron chi connectivity index (χ2n) is 6.61. The standard InChI is InChI=1S/C25H21NO5/c1-28-22-9-5-6-10-23(22)31-21-13-11-19(12-14-21)26-25(27)24-18(15-16-29-24)17-30-20-7-3-2-4-8-20/h2-16H,17H2,1H3,(H,26,27). The number of ether oxygens (including phenoxy) is 3. The molecule has 0 saturated heterocycles. The van der Waals surface area contributed by atoms with E-state index in [0.29, 0.717) is 28.5 Å². The molecule has 1 amide bonds. The number of methoxy groups -OCH3 is 1. The van der Waals surface area contributed by atoms with Gasteiger partial charge >= 0.3 is 0 Å². The summed E-state index contributed by atoms with van der Waals surface area (Å²) in [4.78, 5) is 12.7. The van der Waals surface area contributed by atoms with Gasteiger partial charge in [-0.15, -0.1) is 0 Å². The van der Waals surface area contributed by atoms with E-state index >= 15 is 0 Å². The third kappa shape index (κ3) is 5.05. The van der Waals surface area contributed by atoms with Crippen molar-refractivity contribution in [2.75, 3.05) is 12.4 Å². The number of anilines is 1. The molecule has 0 fully saturated rings. The number of rotatable bonds is 8. The summed E-state index contributed by atoms with van der Waals surface area (Å²) in [6.45, 7) is 0.231. The quantitative estimate of drug-likeness (QED) is 0.387. The average molecular weight is 415 g/mol. The van der Waals surface area contributed by atoms with Gasteiger partial charge in [0, 0.05) is 11.3 Å². The molecule has 1 heterocycles. The summed E-state index contributed by atoms with van der Waals surface area (Å²) in [5, 5.41) is 2.83. The molecule has 0 spiro atoms. The van der Waals surface area contributed by atoms with E-state index in [1.165, 1.54) is 6.26 Å². The molecule has 0 aliphatic rings. The molecule has 0 radical (unpaired) electrons. The maximum atomic E-state index is 12.7. The van der Waals surface area contributed by atoms with Gasteiger partial charge < -0.3 is 23.9 Å². The number of hydrogen-bond donors (Lipinski definition) is 1. The van der Waals surface area contributed by atoms with E-state index in [2.05, 4.69) is 5.32 Å². The number of carbonyl (C=O) groups is 1. The maximum Gasteiger partial charge on any atom is 0.291 e. The van der Waals surface area contributed by atoms with Crippen molar-refractivity contribution in [2.45, 2.75) is 6.61 Å². The molecule has 1 N–H and O–H groups in total. The molecule has 156 valence electrons. The monoisotopic (exact) mass is 415 g/mol. The van der Waals surface area contributed by atoms with Gasteiger partial charge in [0.05, 0.1) is 13.4 Å². The average Bonchev–Trinajstić information content (AvgIpc) is 3.29. The first kappa shape index (κ1) is 20.1. The highest BCUT2D eigenvalue weighted by molar-refractivity contribution is 6.03. The lowest BCUT2D eigenvalue weighted by atomic mass is 10.2. The van der Waals surface area contributed by atoms with Gasteiger partial charge in [-0.3, -0.25) is 4.79 Å². The van der Waals surface area contributed by atoms with Crippen LogP contribution in [0.3, 0.4) is 0 Å². The van der Waals surface area contributed by atoms with Gasteiger partial charge in [-0.1, -0.05) is 30.3 Å². The summed E-state index contributed by atoms with van der Waals surface area (Å²) >= 11 is 0. The fraction of sp³-hybridized carbons (Fsp3) is 0.0800. The number of hydrogen-bond acceptors (Lipinski definition) is 5. The zero-order valence-electron chi connectivity index (χ0n) is 16.9. The van der Waals surface area contributed by atoms with Crippen LogP contribution in [0.4, 0.5) is 5.69 Å². The molecule has 0 unspecified atom stereocenters. The van der Waals surface area contributed by atoms with E-state index in [4.69, 9.17) is 18.6 Å². The number of amides is 1. The number of carbonyl (C=O) groups excluding carboxylic acids is 1. The third-order valence-electron chi connectivity index (χ3n) is 4.50. The van der Waals surface area contributed by atoms with Crippen molar-refractivity contribution in [3.8, 4) is 23.0 Å². The highest BCUT2D eigenvalue weighted by Gasteiger charge is 2.16. The molecule has 4 rings (SSSR count). The fourth-order valence-electron chi connectivity index (χ4n) is 2.95. The second kappa shape index (κ2) is 9.54. The molecule has 31 heavy (non-hydrogen) atoms. The number of nitrogens with one attached hydrogen (secondary N) is 1. The first-order valence-corrected chi connectivity index (χ1v) is 9.69. The Labute approximate surface area is 180 Å². The van der Waals surface area contributed by atoms with Gasteiger partial charge in [0.2, 0.25) is 0 Å². The Bertz CT molecular complexity index is 1140. The zero-order chi connectivity index (χ0) is 21.5. The molecule has 1 aromatic heterocycles. The lowest BCUT2D eigenvalue weighted by molar-refractivity contribution is 0.0993. The van der Waals surface area contributed by atoms with Crippen LogP contribution in [0.2, 0.25) is 0 Å². The van der Waals surface area contributed by atoms with Crippen LogP contribution in [0.25, 0.3) is 0 Å². The predicted molar refractivity (Wildman–Crippen MR) is 117 cm³/mol. The van der Waals surface area contributed by atoms with Crippen LogP contribution in [-0.4, -0.2) is 13.0 Å². The van der Waals surface area contributed by atoms with Crippen molar-refractivity contribution >= 4 is 11.6 Å². The zero-order valence-corrected chi connectivity index (χ0v) is 16.9. The maximum absolute atomic E-state index is 12.7. The van der Waals surface area contributed by atoms with Crippen molar-refractivity contribution in [3.63, 3.8) is 0 Å². The molecular formula is C25H21NO5. The molecule has 0 aliphatic heterocycles. The topological polar surface area (TPSA) is 69.9 Å². The van der Waals surface area contributed by atoms with E-state index < -0.39 is 0 Å². The largest absolute Gasteiger partial charge is 0.493 e. The third-order valence-corrected chi connectivity index (χ3v) is 4.50. The van der Waals surface area contributed by atoms with Crippen LogP contribution in [0.1, 0.15) is 16.1 Å². The van der Waals surface area contributed by atoms with Gasteiger partial charge in [0.1, 0.15) is 18.1 Å². The molecule has 6 heteroatoms. The Hall–Kier alpha value is -4.19. The van der Waals surface area contributed by atoms with Crippen molar-refractivity contribution in [2.24, 2.45) is 0 Å². The van der Waals surface area contributed by atoms with Crippen molar-refractivity contribution in [1.82, 2.24) is 0 Å². The van der Waals surface area contributed by atoms with Crippen LogP contribution >= 0.6 is 0 Å². The Morgan fingerprint density at radius 1 is 0.839 bits per heavy atom. The number of benzene rings is 3. The Morgan fingerprint density at radius 2 is 1.55 bits per heavy atom. The molecule has 0 saturated carbocycles. The Morgan fingerprint density at radius 3 is 2.29 bits per heavy atom. The number of para-hydroxylation sites is 3. The van der Waals surface area contributed by atoms with Crippen LogP contribution in [-0.2, 0) is 6.61 Å². The van der Waals surface area contributed by atoms with E-state index in [0.717, 1.165) is 5.75 Å². The molecular weight excluding hydrogens is 394 g/mol. The first-order valence-electron chi connectivity index (χ1n) is 9.69. The summed E-state index contributed by atoms with van der Waals surface area (Å²) in [5.74, 6) is 2.46. The summed E-state index contributed by atoms with van der Waals surface area (Å²) in [6, 6.07) is 25.6. The Kier molecular flexibility index (Phi) is 6.18. The predicted octanol–water partition coefficient (Wildman–Crippen LogP) is 5.91. The van der Waals surface area contributed by atoms with Gasteiger partial charge in [-0.25, -0.2) is 0 Å². The molecule has 0 aliphatic carbocycles.